The third-order valence-electron chi connectivity index (χ3n) is 6.54. The number of carbonyl (C=O) groups excluding carboxylic acids is 2. The maximum absolute atomic E-state index is 13.8. The van der Waals surface area contributed by atoms with Crippen molar-refractivity contribution in [3.05, 3.63) is 100 Å². The summed E-state index contributed by atoms with van der Waals surface area (Å²) in [5.41, 5.74) is 2.33. The van der Waals surface area contributed by atoms with Crippen LogP contribution in [-0.2, 0) is 16.1 Å². The molecule has 0 bridgehead atoms. The Labute approximate surface area is 226 Å². The predicted octanol–water partition coefficient (Wildman–Crippen LogP) is 4.02. The molecule has 1 N–H and O–H groups in total. The Morgan fingerprint density at radius 2 is 1.57 bits per heavy atom. The average Bonchev–Trinajstić information content (AvgIpc) is 3.16. The van der Waals surface area contributed by atoms with E-state index in [9.17, 15) is 9.59 Å². The molecule has 0 aliphatic carbocycles. The van der Waals surface area contributed by atoms with Crippen LogP contribution in [0.3, 0.4) is 0 Å². The molecule has 2 aliphatic heterocycles. The number of imide groups is 1. The van der Waals surface area contributed by atoms with Gasteiger partial charge in [0.1, 0.15) is 22.9 Å². The van der Waals surface area contributed by atoms with E-state index in [1.807, 2.05) is 25.1 Å². The fraction of sp³-hybridized carbons (Fsp3) is 0.241. The third kappa shape index (κ3) is 5.69. The Morgan fingerprint density at radius 1 is 0.892 bits per heavy atom. The van der Waals surface area contributed by atoms with Crippen molar-refractivity contribution in [2.45, 2.75) is 18.4 Å². The van der Waals surface area contributed by atoms with Gasteiger partial charge in [-0.15, -0.1) is 0 Å². The van der Waals surface area contributed by atoms with Crippen LogP contribution in [-0.4, -0.2) is 49.5 Å². The van der Waals surface area contributed by atoms with E-state index in [-0.39, 0.29) is 11.8 Å². The standard InChI is InChI=1S/C29H28ClN3O3S/c1-2-36-24-12-10-23(11-13-24)33-28(34)26(27(29(33)35)37-25-14-8-22(30)9-15-25)32-18-16-31(17-19-32)20-21-6-4-3-5-7-21/h3-15H,2,16-20H2,1H3/p+1. The molecule has 2 heterocycles. The van der Waals surface area contributed by atoms with Crippen molar-refractivity contribution in [1.82, 2.24) is 4.90 Å². The molecule has 190 valence electrons. The summed E-state index contributed by atoms with van der Waals surface area (Å²) in [5, 5.41) is 0.626. The van der Waals surface area contributed by atoms with E-state index >= 15 is 0 Å². The van der Waals surface area contributed by atoms with Crippen LogP contribution in [0.2, 0.25) is 5.02 Å². The van der Waals surface area contributed by atoms with E-state index in [1.165, 1.54) is 27.1 Å². The number of hydrogen-bond acceptors (Lipinski definition) is 5. The van der Waals surface area contributed by atoms with Gasteiger partial charge in [-0.05, 0) is 55.5 Å². The quantitative estimate of drug-likeness (QED) is 0.442. The molecule has 2 aliphatic rings. The molecule has 0 aromatic heterocycles. The van der Waals surface area contributed by atoms with Gasteiger partial charge < -0.3 is 14.5 Å². The highest BCUT2D eigenvalue weighted by molar-refractivity contribution is 8.04. The summed E-state index contributed by atoms with van der Waals surface area (Å²) in [7, 11) is 0. The number of nitrogens with one attached hydrogen (secondary N) is 1. The third-order valence-corrected chi connectivity index (χ3v) is 7.87. The molecule has 1 saturated heterocycles. The van der Waals surface area contributed by atoms with Gasteiger partial charge in [0, 0.05) is 15.5 Å². The highest BCUT2D eigenvalue weighted by Gasteiger charge is 2.43. The number of anilines is 1. The SMILES string of the molecule is CCOc1ccc(N2C(=O)C(Sc3ccc(Cl)cc3)=C(N3CC[NH+](Cc4ccccc4)CC3)C2=O)cc1. The first-order valence-corrected chi connectivity index (χ1v) is 13.6. The van der Waals surface area contributed by atoms with Crippen LogP contribution in [0.25, 0.3) is 0 Å². The van der Waals surface area contributed by atoms with Gasteiger partial charge in [0.05, 0.1) is 38.5 Å². The highest BCUT2D eigenvalue weighted by atomic mass is 35.5. The number of piperazine rings is 1. The van der Waals surface area contributed by atoms with E-state index < -0.39 is 0 Å². The van der Waals surface area contributed by atoms with Gasteiger partial charge in [0.2, 0.25) is 0 Å². The fourth-order valence-electron chi connectivity index (χ4n) is 4.69. The molecule has 3 aromatic rings. The Balaban J connectivity index is 1.39. The molecule has 0 saturated carbocycles. The molecule has 8 heteroatoms. The largest absolute Gasteiger partial charge is 0.494 e. The van der Waals surface area contributed by atoms with Crippen LogP contribution >= 0.6 is 23.4 Å². The van der Waals surface area contributed by atoms with Crippen LogP contribution in [0, 0.1) is 0 Å². The molecule has 0 atom stereocenters. The number of benzene rings is 3. The first kappa shape index (κ1) is 25.4. The van der Waals surface area contributed by atoms with Gasteiger partial charge >= 0.3 is 0 Å². The molecule has 37 heavy (non-hydrogen) atoms. The minimum atomic E-state index is -0.303. The van der Waals surface area contributed by atoms with Crippen LogP contribution in [0.4, 0.5) is 5.69 Å². The van der Waals surface area contributed by atoms with Gasteiger partial charge in [-0.1, -0.05) is 53.7 Å². The van der Waals surface area contributed by atoms with Crippen LogP contribution < -0.4 is 14.5 Å². The first-order valence-electron chi connectivity index (χ1n) is 12.4. The molecule has 6 nitrogen and oxygen atoms in total. The monoisotopic (exact) mass is 534 g/mol. The number of amides is 2. The summed E-state index contributed by atoms with van der Waals surface area (Å²) in [4.78, 5) is 33.6. The van der Waals surface area contributed by atoms with Crippen molar-refractivity contribution in [2.75, 3.05) is 37.7 Å². The van der Waals surface area contributed by atoms with Gasteiger partial charge in [-0.25, -0.2) is 4.90 Å². The summed E-state index contributed by atoms with van der Waals surface area (Å²) in [6.45, 7) is 6.61. The molecule has 0 spiro atoms. The number of nitrogens with zero attached hydrogens (tertiary/aromatic N) is 2. The highest BCUT2D eigenvalue weighted by Crippen LogP contribution is 2.39. The smallest absolute Gasteiger partial charge is 0.283 e. The van der Waals surface area contributed by atoms with Gasteiger partial charge in [-0.3, -0.25) is 9.59 Å². The number of thioether (sulfide) groups is 1. The van der Waals surface area contributed by atoms with Crippen molar-refractivity contribution >= 4 is 40.9 Å². The summed E-state index contributed by atoms with van der Waals surface area (Å²) in [6, 6.07) is 24.9. The molecule has 0 unspecified atom stereocenters. The lowest BCUT2D eigenvalue weighted by molar-refractivity contribution is -0.917. The molecule has 3 aromatic carbocycles. The fourth-order valence-corrected chi connectivity index (χ4v) is 5.82. The Hall–Kier alpha value is -3.26. The second-order valence-corrected chi connectivity index (χ2v) is 10.5. The van der Waals surface area contributed by atoms with Crippen molar-refractivity contribution in [1.29, 1.82) is 0 Å². The normalized spacial score (nSPS) is 16.6. The van der Waals surface area contributed by atoms with Crippen molar-refractivity contribution in [2.24, 2.45) is 0 Å². The Bertz CT molecular complexity index is 1290. The minimum absolute atomic E-state index is 0.280. The number of quaternary nitrogens is 1. The Kier molecular flexibility index (Phi) is 7.84. The number of rotatable bonds is 8. The zero-order chi connectivity index (χ0) is 25.8. The van der Waals surface area contributed by atoms with Crippen molar-refractivity contribution in [3.8, 4) is 5.75 Å². The summed E-state index contributed by atoms with van der Waals surface area (Å²) < 4.78 is 5.53. The lowest BCUT2D eigenvalue weighted by atomic mass is 10.2. The molecular formula is C29H29ClN3O3S+. The number of hydrogen-bond donors (Lipinski definition) is 1. The van der Waals surface area contributed by atoms with Crippen molar-refractivity contribution in [3.63, 3.8) is 0 Å². The molecule has 5 rings (SSSR count). The maximum Gasteiger partial charge on any atom is 0.283 e. The van der Waals surface area contributed by atoms with Crippen LogP contribution in [0.5, 0.6) is 5.75 Å². The molecule has 0 radical (unpaired) electrons. The zero-order valence-electron chi connectivity index (χ0n) is 20.7. The van der Waals surface area contributed by atoms with E-state index in [0.717, 1.165) is 24.5 Å². The first-order chi connectivity index (χ1) is 18.0. The van der Waals surface area contributed by atoms with Gasteiger partial charge in [0.25, 0.3) is 11.8 Å². The lowest BCUT2D eigenvalue weighted by Crippen LogP contribution is -3.13. The Morgan fingerprint density at radius 3 is 2.22 bits per heavy atom. The molecule has 1 fully saturated rings. The van der Waals surface area contributed by atoms with E-state index in [0.29, 0.717) is 46.8 Å². The number of carbonyl (C=O) groups is 2. The van der Waals surface area contributed by atoms with E-state index in [1.54, 1.807) is 36.4 Å². The second kappa shape index (κ2) is 11.4. The maximum atomic E-state index is 13.8. The number of halogens is 1. The lowest BCUT2D eigenvalue weighted by Gasteiger charge is -2.34. The van der Waals surface area contributed by atoms with Gasteiger partial charge in [-0.2, -0.15) is 0 Å². The van der Waals surface area contributed by atoms with E-state index in [4.69, 9.17) is 16.3 Å². The van der Waals surface area contributed by atoms with Crippen LogP contribution in [0.15, 0.2) is 94.4 Å². The average molecular weight is 535 g/mol. The van der Waals surface area contributed by atoms with E-state index in [2.05, 4.69) is 29.2 Å². The summed E-state index contributed by atoms with van der Waals surface area (Å²) >= 11 is 7.39. The minimum Gasteiger partial charge on any atom is -0.494 e. The topological polar surface area (TPSA) is 54.3 Å². The predicted molar refractivity (Wildman–Crippen MR) is 147 cm³/mol. The molecular weight excluding hydrogens is 506 g/mol. The molecule has 2 amide bonds. The van der Waals surface area contributed by atoms with Crippen molar-refractivity contribution < 1.29 is 19.2 Å². The zero-order valence-corrected chi connectivity index (χ0v) is 22.2. The summed E-state index contributed by atoms with van der Waals surface area (Å²) in [6.07, 6.45) is 0. The number of ether oxygens (including phenoxy) is 1. The summed E-state index contributed by atoms with van der Waals surface area (Å²) in [5.74, 6) is 0.118. The van der Waals surface area contributed by atoms with Crippen LogP contribution in [0.1, 0.15) is 12.5 Å². The second-order valence-electron chi connectivity index (χ2n) is 9.01. The van der Waals surface area contributed by atoms with Gasteiger partial charge in [0.15, 0.2) is 0 Å².